The van der Waals surface area contributed by atoms with Crippen molar-refractivity contribution in [2.45, 2.75) is 32.2 Å². The van der Waals surface area contributed by atoms with Gasteiger partial charge in [-0.1, -0.05) is 63.2 Å². The largest absolute Gasteiger partial charge is 0.370 e. The second-order valence-electron chi connectivity index (χ2n) is 6.67. The van der Waals surface area contributed by atoms with Crippen LogP contribution in [-0.2, 0) is 10.2 Å². The van der Waals surface area contributed by atoms with E-state index in [0.717, 1.165) is 11.3 Å². The molecule has 3 amide bonds. The zero-order valence-corrected chi connectivity index (χ0v) is 14.2. The van der Waals surface area contributed by atoms with Crippen LogP contribution in [0.15, 0.2) is 54.6 Å². The molecule has 126 valence electrons. The molecule has 0 aliphatic heterocycles. The lowest BCUT2D eigenvalue weighted by Gasteiger charge is -2.22. The third-order valence-corrected chi connectivity index (χ3v) is 3.70. The molecule has 0 aliphatic rings. The van der Waals surface area contributed by atoms with Crippen molar-refractivity contribution >= 4 is 17.6 Å². The van der Waals surface area contributed by atoms with Gasteiger partial charge in [0.2, 0.25) is 0 Å². The maximum Gasteiger partial charge on any atom is 0.318 e. The van der Waals surface area contributed by atoms with E-state index in [0.29, 0.717) is 0 Å². The standard InChI is InChI=1S/C19H23N3O2/c1-19(2,3)14-9-11-15(12-10-14)21-16(17(23)22-18(20)24)13-7-5-4-6-8-13/h4-12,16,21H,1-3H3,(H3,20,22,23,24)/t16-/m0/s1. The van der Waals surface area contributed by atoms with Crippen LogP contribution in [0.25, 0.3) is 0 Å². The fourth-order valence-electron chi connectivity index (χ4n) is 2.37. The summed E-state index contributed by atoms with van der Waals surface area (Å²) in [6.45, 7) is 6.42. The normalized spacial score (nSPS) is 12.3. The number of urea groups is 1. The fraction of sp³-hybridized carbons (Fsp3) is 0.263. The number of nitrogens with two attached hydrogens (primary N) is 1. The van der Waals surface area contributed by atoms with E-state index in [1.54, 1.807) is 0 Å². The highest BCUT2D eigenvalue weighted by Gasteiger charge is 2.22. The van der Waals surface area contributed by atoms with E-state index in [9.17, 15) is 9.59 Å². The average molecular weight is 325 g/mol. The summed E-state index contributed by atoms with van der Waals surface area (Å²) >= 11 is 0. The quantitative estimate of drug-likeness (QED) is 0.806. The summed E-state index contributed by atoms with van der Waals surface area (Å²) < 4.78 is 0. The molecule has 0 fully saturated rings. The molecule has 0 saturated heterocycles. The van der Waals surface area contributed by atoms with Crippen LogP contribution in [0.4, 0.5) is 10.5 Å². The Morgan fingerprint density at radius 2 is 1.54 bits per heavy atom. The fourth-order valence-corrected chi connectivity index (χ4v) is 2.37. The zero-order chi connectivity index (χ0) is 17.7. The maximum absolute atomic E-state index is 12.3. The molecule has 1 atom stereocenters. The van der Waals surface area contributed by atoms with Gasteiger partial charge in [-0.15, -0.1) is 0 Å². The molecule has 4 N–H and O–H groups in total. The lowest BCUT2D eigenvalue weighted by molar-refractivity contribution is -0.120. The number of benzene rings is 2. The van der Waals surface area contributed by atoms with Crippen molar-refractivity contribution in [2.24, 2.45) is 5.73 Å². The first kappa shape index (κ1) is 17.5. The Morgan fingerprint density at radius 3 is 2.04 bits per heavy atom. The minimum Gasteiger partial charge on any atom is -0.370 e. The Kier molecular flexibility index (Phi) is 5.24. The summed E-state index contributed by atoms with van der Waals surface area (Å²) in [5.74, 6) is -0.492. The number of nitrogens with one attached hydrogen (secondary N) is 2. The van der Waals surface area contributed by atoms with Crippen molar-refractivity contribution in [1.29, 1.82) is 0 Å². The Balaban J connectivity index is 2.25. The molecule has 2 aromatic rings. The Morgan fingerprint density at radius 1 is 0.958 bits per heavy atom. The van der Waals surface area contributed by atoms with Crippen LogP contribution in [0.2, 0.25) is 0 Å². The third-order valence-electron chi connectivity index (χ3n) is 3.70. The van der Waals surface area contributed by atoms with E-state index in [1.807, 2.05) is 54.6 Å². The number of anilines is 1. The Hall–Kier alpha value is -2.82. The summed E-state index contributed by atoms with van der Waals surface area (Å²) in [7, 11) is 0. The topological polar surface area (TPSA) is 84.2 Å². The van der Waals surface area contributed by atoms with Gasteiger partial charge in [0.05, 0.1) is 0 Å². The summed E-state index contributed by atoms with van der Waals surface area (Å²) in [5, 5.41) is 5.29. The van der Waals surface area contributed by atoms with Gasteiger partial charge < -0.3 is 11.1 Å². The van der Waals surface area contributed by atoms with Gasteiger partial charge >= 0.3 is 6.03 Å². The summed E-state index contributed by atoms with van der Waals surface area (Å²) in [5.41, 5.74) is 7.86. The number of rotatable bonds is 4. The monoisotopic (exact) mass is 325 g/mol. The lowest BCUT2D eigenvalue weighted by atomic mass is 9.87. The first-order chi connectivity index (χ1) is 11.3. The first-order valence-electron chi connectivity index (χ1n) is 7.79. The SMILES string of the molecule is CC(C)(C)c1ccc(N[C@H](C(=O)NC(N)=O)c2ccccc2)cc1. The highest BCUT2D eigenvalue weighted by atomic mass is 16.2. The summed E-state index contributed by atoms with van der Waals surface area (Å²) in [6, 6.07) is 15.5. The van der Waals surface area contributed by atoms with Crippen LogP contribution in [0.5, 0.6) is 0 Å². The van der Waals surface area contributed by atoms with Crippen LogP contribution in [0, 0.1) is 0 Å². The molecule has 0 bridgehead atoms. The van der Waals surface area contributed by atoms with Gasteiger partial charge in [0.1, 0.15) is 6.04 Å². The minimum atomic E-state index is -0.870. The van der Waals surface area contributed by atoms with Gasteiger partial charge in [0.25, 0.3) is 5.91 Å². The van der Waals surface area contributed by atoms with Crippen LogP contribution < -0.4 is 16.4 Å². The van der Waals surface area contributed by atoms with E-state index in [4.69, 9.17) is 5.73 Å². The number of amides is 3. The second kappa shape index (κ2) is 7.17. The van der Waals surface area contributed by atoms with Crippen molar-refractivity contribution in [2.75, 3.05) is 5.32 Å². The molecule has 5 heteroatoms. The Labute approximate surface area is 142 Å². The predicted molar refractivity (Wildman–Crippen MR) is 95.7 cm³/mol. The average Bonchev–Trinajstić information content (AvgIpc) is 2.52. The highest BCUT2D eigenvalue weighted by Crippen LogP contribution is 2.25. The smallest absolute Gasteiger partial charge is 0.318 e. The van der Waals surface area contributed by atoms with E-state index >= 15 is 0 Å². The second-order valence-corrected chi connectivity index (χ2v) is 6.67. The molecule has 0 saturated carbocycles. The molecule has 0 aromatic heterocycles. The molecule has 0 unspecified atom stereocenters. The van der Waals surface area contributed by atoms with Crippen LogP contribution in [-0.4, -0.2) is 11.9 Å². The van der Waals surface area contributed by atoms with E-state index in [1.165, 1.54) is 5.56 Å². The van der Waals surface area contributed by atoms with Crippen molar-refractivity contribution < 1.29 is 9.59 Å². The number of carbonyl (C=O) groups excluding carboxylic acids is 2. The molecular weight excluding hydrogens is 302 g/mol. The first-order valence-corrected chi connectivity index (χ1v) is 7.79. The highest BCUT2D eigenvalue weighted by molar-refractivity contribution is 5.98. The minimum absolute atomic E-state index is 0.0563. The van der Waals surface area contributed by atoms with Crippen molar-refractivity contribution in [3.63, 3.8) is 0 Å². The summed E-state index contributed by atoms with van der Waals surface area (Å²) in [4.78, 5) is 23.3. The molecule has 5 nitrogen and oxygen atoms in total. The maximum atomic E-state index is 12.3. The number of hydrogen-bond acceptors (Lipinski definition) is 3. The number of imide groups is 1. The van der Waals surface area contributed by atoms with Crippen molar-refractivity contribution in [1.82, 2.24) is 5.32 Å². The molecule has 0 aliphatic carbocycles. The molecule has 0 heterocycles. The van der Waals surface area contributed by atoms with Gasteiger partial charge in [0.15, 0.2) is 0 Å². The molecule has 0 spiro atoms. The third kappa shape index (κ3) is 4.59. The van der Waals surface area contributed by atoms with Gasteiger partial charge in [-0.05, 0) is 28.7 Å². The van der Waals surface area contributed by atoms with Crippen molar-refractivity contribution in [3.05, 3.63) is 65.7 Å². The van der Waals surface area contributed by atoms with Crippen LogP contribution >= 0.6 is 0 Å². The lowest BCUT2D eigenvalue weighted by Crippen LogP contribution is -2.40. The molecule has 2 rings (SSSR count). The zero-order valence-electron chi connectivity index (χ0n) is 14.2. The van der Waals surface area contributed by atoms with Gasteiger partial charge in [-0.25, -0.2) is 4.79 Å². The van der Waals surface area contributed by atoms with E-state index < -0.39 is 18.0 Å². The predicted octanol–water partition coefficient (Wildman–Crippen LogP) is 3.33. The molecule has 2 aromatic carbocycles. The van der Waals surface area contributed by atoms with Gasteiger partial charge in [0, 0.05) is 5.69 Å². The Bertz CT molecular complexity index is 704. The number of hydrogen-bond donors (Lipinski definition) is 3. The molecule has 0 radical (unpaired) electrons. The van der Waals surface area contributed by atoms with E-state index in [-0.39, 0.29) is 5.41 Å². The number of primary amides is 1. The molecular formula is C19H23N3O2. The van der Waals surface area contributed by atoms with Gasteiger partial charge in [-0.3, -0.25) is 10.1 Å². The molecule has 24 heavy (non-hydrogen) atoms. The number of carbonyl (C=O) groups is 2. The summed E-state index contributed by atoms with van der Waals surface area (Å²) in [6.07, 6.45) is 0. The van der Waals surface area contributed by atoms with E-state index in [2.05, 4.69) is 31.4 Å². The van der Waals surface area contributed by atoms with Crippen molar-refractivity contribution in [3.8, 4) is 0 Å². The van der Waals surface area contributed by atoms with Crippen LogP contribution in [0.3, 0.4) is 0 Å². The van der Waals surface area contributed by atoms with Crippen LogP contribution in [0.1, 0.15) is 37.9 Å². The van der Waals surface area contributed by atoms with Gasteiger partial charge in [-0.2, -0.15) is 0 Å².